The lowest BCUT2D eigenvalue weighted by Gasteiger charge is -2.15. The molecule has 0 atom stereocenters. The summed E-state index contributed by atoms with van der Waals surface area (Å²) in [6.45, 7) is 2.32. The minimum absolute atomic E-state index is 0.0745. The molecule has 0 aromatic heterocycles. The maximum Gasteiger partial charge on any atom is 0.223 e. The van der Waals surface area contributed by atoms with Crippen molar-refractivity contribution in [3.05, 3.63) is 22.2 Å². The number of fused-ring (bicyclic) bond motifs is 1. The number of carbonyl (C=O) groups excluding carboxylic acids is 1. The molecule has 0 fully saturated rings. The number of benzene rings is 1. The molecule has 0 spiro atoms. The topological polar surface area (TPSA) is 46.3 Å². The van der Waals surface area contributed by atoms with Crippen molar-refractivity contribution in [1.29, 1.82) is 0 Å². The number of anilines is 2. The van der Waals surface area contributed by atoms with Crippen LogP contribution in [-0.4, -0.2) is 12.5 Å². The zero-order valence-electron chi connectivity index (χ0n) is 7.88. The van der Waals surface area contributed by atoms with Crippen molar-refractivity contribution in [3.63, 3.8) is 0 Å². The van der Waals surface area contributed by atoms with E-state index in [4.69, 9.17) is 5.73 Å². The molecule has 4 heteroatoms. The van der Waals surface area contributed by atoms with E-state index < -0.39 is 0 Å². The fraction of sp³-hybridized carbons (Fsp3) is 0.300. The maximum atomic E-state index is 11.3. The Labute approximate surface area is 91.0 Å². The number of nitrogen functional groups attached to an aromatic ring is 1. The molecule has 3 nitrogen and oxygen atoms in total. The van der Waals surface area contributed by atoms with Crippen LogP contribution < -0.4 is 10.6 Å². The second kappa shape index (κ2) is 3.28. The third kappa shape index (κ3) is 1.30. The van der Waals surface area contributed by atoms with Crippen LogP contribution in [0.3, 0.4) is 0 Å². The van der Waals surface area contributed by atoms with Gasteiger partial charge in [-0.1, -0.05) is 0 Å². The Balaban J connectivity index is 2.53. The molecule has 74 valence electrons. The van der Waals surface area contributed by atoms with Gasteiger partial charge in [0.15, 0.2) is 0 Å². The quantitative estimate of drug-likeness (QED) is 0.720. The van der Waals surface area contributed by atoms with Crippen molar-refractivity contribution >= 4 is 33.2 Å². The summed E-state index contributed by atoms with van der Waals surface area (Å²) in [6, 6.07) is 3.82. The molecule has 0 aliphatic carbocycles. The predicted molar refractivity (Wildman–Crippen MR) is 60.3 cm³/mol. The van der Waals surface area contributed by atoms with Crippen molar-refractivity contribution in [2.24, 2.45) is 0 Å². The smallest absolute Gasteiger partial charge is 0.223 e. The Bertz CT molecular complexity index is 403. The molecule has 0 bridgehead atoms. The van der Waals surface area contributed by atoms with Gasteiger partial charge in [-0.05, 0) is 34.5 Å². The van der Waals surface area contributed by atoms with Crippen molar-refractivity contribution < 1.29 is 4.79 Å². The highest BCUT2D eigenvalue weighted by Gasteiger charge is 2.24. The van der Waals surface area contributed by atoms with E-state index in [1.807, 2.05) is 12.1 Å². The highest BCUT2D eigenvalue weighted by Crippen LogP contribution is 2.36. The van der Waals surface area contributed by atoms with Crippen molar-refractivity contribution in [2.75, 3.05) is 17.2 Å². The third-order valence-corrected chi connectivity index (χ3v) is 3.23. The van der Waals surface area contributed by atoms with Crippen molar-refractivity contribution in [1.82, 2.24) is 0 Å². The molecule has 2 N–H and O–H groups in total. The van der Waals surface area contributed by atoms with Gasteiger partial charge in [0.25, 0.3) is 0 Å². The molecule has 14 heavy (non-hydrogen) atoms. The standard InChI is InChI=1S/C10H11BrN2O/c1-6(14)13-5-4-7-9(13)3-2-8(11)10(7)12/h2-3H,4-5,12H2,1H3. The molecule has 0 unspecified atom stereocenters. The van der Waals surface area contributed by atoms with Crippen LogP contribution in [0.25, 0.3) is 0 Å². The van der Waals surface area contributed by atoms with Gasteiger partial charge in [-0.15, -0.1) is 0 Å². The van der Waals surface area contributed by atoms with Gasteiger partial charge < -0.3 is 10.6 Å². The van der Waals surface area contributed by atoms with Gasteiger partial charge in [0, 0.05) is 29.2 Å². The fourth-order valence-corrected chi connectivity index (χ4v) is 2.18. The molecule has 1 heterocycles. The van der Waals surface area contributed by atoms with Gasteiger partial charge in [-0.2, -0.15) is 0 Å². The van der Waals surface area contributed by atoms with Crippen LogP contribution >= 0.6 is 15.9 Å². The number of amides is 1. The Morgan fingerprint density at radius 2 is 2.29 bits per heavy atom. The number of halogens is 1. The van der Waals surface area contributed by atoms with E-state index in [0.717, 1.165) is 34.4 Å². The molecule has 1 aliphatic rings. The van der Waals surface area contributed by atoms with Crippen molar-refractivity contribution in [2.45, 2.75) is 13.3 Å². The summed E-state index contributed by atoms with van der Waals surface area (Å²) in [5, 5.41) is 0. The lowest BCUT2D eigenvalue weighted by atomic mass is 10.1. The van der Waals surface area contributed by atoms with E-state index in [2.05, 4.69) is 15.9 Å². The summed E-state index contributed by atoms with van der Waals surface area (Å²) in [6.07, 6.45) is 0.847. The number of rotatable bonds is 0. The first-order valence-electron chi connectivity index (χ1n) is 4.46. The highest BCUT2D eigenvalue weighted by atomic mass is 79.9. The van der Waals surface area contributed by atoms with Gasteiger partial charge >= 0.3 is 0 Å². The number of hydrogen-bond donors (Lipinski definition) is 1. The van der Waals surface area contributed by atoms with E-state index in [1.54, 1.807) is 11.8 Å². The average molecular weight is 255 g/mol. The second-order valence-corrected chi connectivity index (χ2v) is 4.23. The minimum Gasteiger partial charge on any atom is -0.398 e. The predicted octanol–water partition coefficient (Wildman–Crippen LogP) is 1.94. The van der Waals surface area contributed by atoms with Crippen LogP contribution in [-0.2, 0) is 11.2 Å². The molecule has 2 rings (SSSR count). The minimum atomic E-state index is 0.0745. The van der Waals surface area contributed by atoms with E-state index >= 15 is 0 Å². The van der Waals surface area contributed by atoms with Crippen LogP contribution in [0.5, 0.6) is 0 Å². The number of nitrogens with zero attached hydrogens (tertiary/aromatic N) is 1. The molecular formula is C10H11BrN2O. The van der Waals surface area contributed by atoms with Gasteiger partial charge in [0.1, 0.15) is 0 Å². The van der Waals surface area contributed by atoms with Crippen LogP contribution in [0.2, 0.25) is 0 Å². The fourth-order valence-electron chi connectivity index (χ4n) is 1.81. The molecule has 1 aliphatic heterocycles. The summed E-state index contributed by atoms with van der Waals surface area (Å²) < 4.78 is 0.904. The first kappa shape index (κ1) is 9.52. The van der Waals surface area contributed by atoms with E-state index in [1.165, 1.54) is 0 Å². The summed E-state index contributed by atoms with van der Waals surface area (Å²) in [5.41, 5.74) is 8.70. The maximum absolute atomic E-state index is 11.3. The van der Waals surface area contributed by atoms with Gasteiger partial charge in [0.2, 0.25) is 5.91 Å². The second-order valence-electron chi connectivity index (χ2n) is 3.38. The van der Waals surface area contributed by atoms with Gasteiger partial charge in [0.05, 0.1) is 5.69 Å². The van der Waals surface area contributed by atoms with E-state index in [0.29, 0.717) is 0 Å². The number of carbonyl (C=O) groups is 1. The lowest BCUT2D eigenvalue weighted by molar-refractivity contribution is -0.116. The summed E-state index contributed by atoms with van der Waals surface area (Å²) in [5.74, 6) is 0.0745. The van der Waals surface area contributed by atoms with Gasteiger partial charge in [-0.25, -0.2) is 0 Å². The third-order valence-electron chi connectivity index (χ3n) is 2.54. The Kier molecular flexibility index (Phi) is 2.23. The zero-order valence-corrected chi connectivity index (χ0v) is 9.47. The summed E-state index contributed by atoms with van der Waals surface area (Å²) >= 11 is 3.38. The molecule has 1 aromatic carbocycles. The van der Waals surface area contributed by atoms with Crippen LogP contribution in [0.1, 0.15) is 12.5 Å². The lowest BCUT2D eigenvalue weighted by Crippen LogP contribution is -2.25. The Morgan fingerprint density at radius 1 is 1.57 bits per heavy atom. The first-order chi connectivity index (χ1) is 6.61. The molecule has 0 saturated carbocycles. The van der Waals surface area contributed by atoms with E-state index in [-0.39, 0.29) is 5.91 Å². The van der Waals surface area contributed by atoms with Crippen LogP contribution in [0.4, 0.5) is 11.4 Å². The number of hydrogen-bond acceptors (Lipinski definition) is 2. The first-order valence-corrected chi connectivity index (χ1v) is 5.25. The summed E-state index contributed by atoms with van der Waals surface area (Å²) in [4.78, 5) is 13.0. The molecule has 1 amide bonds. The van der Waals surface area contributed by atoms with E-state index in [9.17, 15) is 4.79 Å². The van der Waals surface area contributed by atoms with Crippen LogP contribution in [0.15, 0.2) is 16.6 Å². The van der Waals surface area contributed by atoms with Crippen LogP contribution in [0, 0.1) is 0 Å². The van der Waals surface area contributed by atoms with Crippen molar-refractivity contribution in [3.8, 4) is 0 Å². The highest BCUT2D eigenvalue weighted by molar-refractivity contribution is 9.10. The average Bonchev–Trinajstić information content (AvgIpc) is 2.55. The molecule has 0 saturated heterocycles. The summed E-state index contributed by atoms with van der Waals surface area (Å²) in [7, 11) is 0. The van der Waals surface area contributed by atoms with Gasteiger partial charge in [-0.3, -0.25) is 4.79 Å². The number of nitrogens with two attached hydrogens (primary N) is 1. The zero-order chi connectivity index (χ0) is 10.3. The molecule has 1 aromatic rings. The SMILES string of the molecule is CC(=O)N1CCc2c1ccc(Br)c2N. The monoisotopic (exact) mass is 254 g/mol. The Hall–Kier alpha value is -1.03. The normalized spacial score (nSPS) is 14.3. The molecular weight excluding hydrogens is 244 g/mol. The largest absolute Gasteiger partial charge is 0.398 e. The Morgan fingerprint density at radius 3 is 2.93 bits per heavy atom. The molecule has 0 radical (unpaired) electrons.